The second-order valence-corrected chi connectivity index (χ2v) is 5.48. The Kier molecular flexibility index (Phi) is 3.76. The van der Waals surface area contributed by atoms with E-state index >= 15 is 0 Å². The standard InChI is InChI=1S/C17H12F3N5O/c18-17(19,20)26-12-4-2-11(3-5-12)22-16-23-14-6-1-10(9-15(14)24-16)13-7-8-21-25-13/h1-9H,(H,21,25)(H2,22,23,24). The van der Waals surface area contributed by atoms with E-state index in [0.717, 1.165) is 22.3 Å². The second-order valence-electron chi connectivity index (χ2n) is 5.48. The quantitative estimate of drug-likeness (QED) is 0.498. The number of imidazole rings is 1. The maximum atomic E-state index is 12.2. The number of benzene rings is 2. The predicted molar refractivity (Wildman–Crippen MR) is 90.1 cm³/mol. The fourth-order valence-electron chi connectivity index (χ4n) is 2.53. The molecule has 6 nitrogen and oxygen atoms in total. The zero-order chi connectivity index (χ0) is 18.1. The third-order valence-corrected chi connectivity index (χ3v) is 3.64. The number of alkyl halides is 3. The first-order chi connectivity index (χ1) is 12.5. The lowest BCUT2D eigenvalue weighted by atomic mass is 10.1. The molecule has 0 unspecified atom stereocenters. The smallest absolute Gasteiger partial charge is 0.406 e. The SMILES string of the molecule is FC(F)(F)Oc1ccc(Nc2nc3ccc(-c4ccn[nH]4)cc3[nH]2)cc1. The van der Waals surface area contributed by atoms with Crippen LogP contribution in [0.4, 0.5) is 24.8 Å². The maximum absolute atomic E-state index is 12.2. The number of H-pyrrole nitrogens is 2. The molecule has 0 atom stereocenters. The van der Waals surface area contributed by atoms with Gasteiger partial charge in [0.05, 0.1) is 16.7 Å². The second kappa shape index (κ2) is 6.10. The van der Waals surface area contributed by atoms with E-state index in [1.165, 1.54) is 24.3 Å². The monoisotopic (exact) mass is 359 g/mol. The van der Waals surface area contributed by atoms with Gasteiger partial charge < -0.3 is 15.0 Å². The fourth-order valence-corrected chi connectivity index (χ4v) is 2.53. The number of aromatic amines is 2. The number of ether oxygens (including phenoxy) is 1. The Hall–Kier alpha value is -3.49. The number of hydrogen-bond acceptors (Lipinski definition) is 4. The molecule has 0 saturated heterocycles. The van der Waals surface area contributed by atoms with E-state index in [4.69, 9.17) is 0 Å². The Labute approximate surface area is 145 Å². The van der Waals surface area contributed by atoms with Gasteiger partial charge in [-0.3, -0.25) is 5.10 Å². The molecule has 0 aliphatic carbocycles. The number of halogens is 3. The zero-order valence-corrected chi connectivity index (χ0v) is 13.1. The Bertz CT molecular complexity index is 1020. The first kappa shape index (κ1) is 16.0. The van der Waals surface area contributed by atoms with Crippen molar-refractivity contribution >= 4 is 22.7 Å². The van der Waals surface area contributed by atoms with Crippen molar-refractivity contribution in [1.29, 1.82) is 0 Å². The molecule has 4 rings (SSSR count). The van der Waals surface area contributed by atoms with E-state index < -0.39 is 6.36 Å². The average Bonchev–Trinajstić information content (AvgIpc) is 3.23. The van der Waals surface area contributed by atoms with E-state index in [1.54, 1.807) is 6.20 Å². The number of fused-ring (bicyclic) bond motifs is 1. The molecule has 2 aromatic carbocycles. The molecule has 26 heavy (non-hydrogen) atoms. The summed E-state index contributed by atoms with van der Waals surface area (Å²) in [7, 11) is 0. The number of anilines is 2. The minimum absolute atomic E-state index is 0.281. The number of aromatic nitrogens is 4. The lowest BCUT2D eigenvalue weighted by Gasteiger charge is -2.09. The lowest BCUT2D eigenvalue weighted by Crippen LogP contribution is -2.16. The van der Waals surface area contributed by atoms with Crippen molar-refractivity contribution in [3.8, 4) is 17.0 Å². The molecule has 3 N–H and O–H groups in total. The predicted octanol–water partition coefficient (Wildman–Crippen LogP) is 4.60. The van der Waals surface area contributed by atoms with Crippen molar-refractivity contribution in [3.63, 3.8) is 0 Å². The van der Waals surface area contributed by atoms with Gasteiger partial charge in [0.15, 0.2) is 0 Å². The first-order valence-electron chi connectivity index (χ1n) is 7.59. The summed E-state index contributed by atoms with van der Waals surface area (Å²) in [5.41, 5.74) is 3.99. The molecular weight excluding hydrogens is 347 g/mol. The summed E-state index contributed by atoms with van der Waals surface area (Å²) in [5, 5.41) is 9.83. The molecule has 0 saturated carbocycles. The molecule has 4 aromatic rings. The Morgan fingerprint density at radius 3 is 2.50 bits per heavy atom. The minimum atomic E-state index is -4.71. The third-order valence-electron chi connectivity index (χ3n) is 3.64. The van der Waals surface area contributed by atoms with Crippen molar-refractivity contribution in [2.45, 2.75) is 6.36 Å². The summed E-state index contributed by atoms with van der Waals surface area (Å²) in [5.74, 6) is 0.197. The molecule has 0 radical (unpaired) electrons. The number of hydrogen-bond donors (Lipinski definition) is 3. The van der Waals surface area contributed by atoms with Gasteiger partial charge >= 0.3 is 6.36 Å². The maximum Gasteiger partial charge on any atom is 0.573 e. The molecule has 0 amide bonds. The third kappa shape index (κ3) is 3.46. The summed E-state index contributed by atoms with van der Waals surface area (Å²) in [6, 6.07) is 13.0. The molecule has 0 spiro atoms. The molecule has 2 aromatic heterocycles. The highest BCUT2D eigenvalue weighted by molar-refractivity contribution is 5.83. The van der Waals surface area contributed by atoms with Crippen LogP contribution in [-0.2, 0) is 0 Å². The number of rotatable bonds is 4. The van der Waals surface area contributed by atoms with E-state index in [9.17, 15) is 13.2 Å². The number of nitrogens with zero attached hydrogens (tertiary/aromatic N) is 2. The van der Waals surface area contributed by atoms with Crippen LogP contribution in [-0.4, -0.2) is 26.5 Å². The highest BCUT2D eigenvalue weighted by Crippen LogP contribution is 2.26. The van der Waals surface area contributed by atoms with E-state index in [1.807, 2.05) is 24.3 Å². The van der Waals surface area contributed by atoms with Crippen molar-refractivity contribution in [1.82, 2.24) is 20.2 Å². The topological polar surface area (TPSA) is 78.6 Å². The van der Waals surface area contributed by atoms with E-state index in [0.29, 0.717) is 11.6 Å². The lowest BCUT2D eigenvalue weighted by molar-refractivity contribution is -0.274. The Morgan fingerprint density at radius 2 is 1.81 bits per heavy atom. The van der Waals surface area contributed by atoms with Crippen LogP contribution in [0, 0.1) is 0 Å². The van der Waals surface area contributed by atoms with Gasteiger partial charge in [-0.25, -0.2) is 4.98 Å². The largest absolute Gasteiger partial charge is 0.573 e. The normalized spacial score (nSPS) is 11.7. The molecule has 9 heteroatoms. The Morgan fingerprint density at radius 1 is 1.00 bits per heavy atom. The van der Waals surface area contributed by atoms with E-state index in [-0.39, 0.29) is 5.75 Å². The van der Waals surface area contributed by atoms with Crippen LogP contribution in [0.1, 0.15) is 0 Å². The van der Waals surface area contributed by atoms with Crippen LogP contribution in [0.25, 0.3) is 22.3 Å². The molecule has 0 fully saturated rings. The molecule has 0 aliphatic rings. The first-order valence-corrected chi connectivity index (χ1v) is 7.59. The van der Waals surface area contributed by atoms with Crippen molar-refractivity contribution in [2.24, 2.45) is 0 Å². The molecular formula is C17H12F3N5O. The van der Waals surface area contributed by atoms with Crippen molar-refractivity contribution in [3.05, 3.63) is 54.7 Å². The van der Waals surface area contributed by atoms with Gasteiger partial charge in [0, 0.05) is 17.4 Å². The van der Waals surface area contributed by atoms with Crippen LogP contribution in [0.5, 0.6) is 5.75 Å². The fraction of sp³-hybridized carbons (Fsp3) is 0.0588. The van der Waals surface area contributed by atoms with Crippen LogP contribution < -0.4 is 10.1 Å². The van der Waals surface area contributed by atoms with Crippen LogP contribution >= 0.6 is 0 Å². The molecule has 0 bridgehead atoms. The summed E-state index contributed by atoms with van der Waals surface area (Å²) < 4.78 is 40.4. The summed E-state index contributed by atoms with van der Waals surface area (Å²) in [6.07, 6.45) is -3.04. The van der Waals surface area contributed by atoms with Gasteiger partial charge in [-0.1, -0.05) is 6.07 Å². The zero-order valence-electron chi connectivity index (χ0n) is 13.1. The molecule has 2 heterocycles. The Balaban J connectivity index is 1.54. The minimum Gasteiger partial charge on any atom is -0.406 e. The van der Waals surface area contributed by atoms with Crippen LogP contribution in [0.2, 0.25) is 0 Å². The molecule has 132 valence electrons. The number of nitrogens with one attached hydrogen (secondary N) is 3. The van der Waals surface area contributed by atoms with Gasteiger partial charge in [0.1, 0.15) is 5.75 Å². The van der Waals surface area contributed by atoms with Crippen LogP contribution in [0.3, 0.4) is 0 Å². The van der Waals surface area contributed by atoms with Gasteiger partial charge in [-0.2, -0.15) is 5.10 Å². The summed E-state index contributed by atoms with van der Waals surface area (Å²) >= 11 is 0. The highest BCUT2D eigenvalue weighted by Gasteiger charge is 2.30. The van der Waals surface area contributed by atoms with E-state index in [2.05, 4.69) is 30.2 Å². The van der Waals surface area contributed by atoms with Gasteiger partial charge in [-0.15, -0.1) is 13.2 Å². The van der Waals surface area contributed by atoms with Crippen LogP contribution in [0.15, 0.2) is 54.7 Å². The van der Waals surface area contributed by atoms with Gasteiger partial charge in [0.2, 0.25) is 5.95 Å². The van der Waals surface area contributed by atoms with Crippen molar-refractivity contribution in [2.75, 3.05) is 5.32 Å². The van der Waals surface area contributed by atoms with Gasteiger partial charge in [0.25, 0.3) is 0 Å². The summed E-state index contributed by atoms with van der Waals surface area (Å²) in [6.45, 7) is 0. The van der Waals surface area contributed by atoms with Crippen molar-refractivity contribution < 1.29 is 17.9 Å². The highest BCUT2D eigenvalue weighted by atomic mass is 19.4. The molecule has 0 aliphatic heterocycles. The summed E-state index contributed by atoms with van der Waals surface area (Å²) in [4.78, 5) is 7.54. The van der Waals surface area contributed by atoms with Gasteiger partial charge in [-0.05, 0) is 42.5 Å². The average molecular weight is 359 g/mol.